The molecule has 1 heterocycles. The molecule has 0 atom stereocenters. The van der Waals surface area contributed by atoms with Gasteiger partial charge in [0.1, 0.15) is 11.5 Å². The molecule has 1 aromatic heterocycles. The number of rotatable bonds is 6. The summed E-state index contributed by atoms with van der Waals surface area (Å²) in [6.45, 7) is 0.328. The lowest BCUT2D eigenvalue weighted by Crippen LogP contribution is -2.17. The number of hydrogen-bond acceptors (Lipinski definition) is 6. The van der Waals surface area contributed by atoms with Crippen molar-refractivity contribution in [2.24, 2.45) is 5.73 Å². The van der Waals surface area contributed by atoms with Crippen LogP contribution in [0.15, 0.2) is 72.8 Å². The Morgan fingerprint density at radius 3 is 2.32 bits per heavy atom. The zero-order valence-electron chi connectivity index (χ0n) is 17.5. The fraction of sp³-hybridized carbons (Fsp3) is 0.0870. The Kier molecular flexibility index (Phi) is 6.19. The Labute approximate surface area is 191 Å². The summed E-state index contributed by atoms with van der Waals surface area (Å²) in [4.78, 5) is 17.1. The summed E-state index contributed by atoms with van der Waals surface area (Å²) in [6, 6.07) is 17.9. The van der Waals surface area contributed by atoms with Gasteiger partial charge in [0.05, 0.1) is 11.3 Å². The fourth-order valence-corrected chi connectivity index (χ4v) is 3.10. The molecule has 0 bridgehead atoms. The highest BCUT2D eigenvalue weighted by Crippen LogP contribution is 2.29. The maximum Gasteiger partial charge on any atom is 0.573 e. The van der Waals surface area contributed by atoms with Crippen LogP contribution in [0.1, 0.15) is 15.9 Å². The predicted molar refractivity (Wildman–Crippen MR) is 117 cm³/mol. The Balaban J connectivity index is 1.70. The molecule has 0 spiro atoms. The molecule has 8 nitrogen and oxygen atoms in total. The van der Waals surface area contributed by atoms with Gasteiger partial charge >= 0.3 is 6.36 Å². The van der Waals surface area contributed by atoms with Crippen molar-refractivity contribution in [3.63, 3.8) is 0 Å². The van der Waals surface area contributed by atoms with Gasteiger partial charge in [-0.1, -0.05) is 24.3 Å². The van der Waals surface area contributed by atoms with E-state index in [0.29, 0.717) is 23.4 Å². The highest BCUT2D eigenvalue weighted by atomic mass is 19.4. The van der Waals surface area contributed by atoms with Gasteiger partial charge < -0.3 is 15.6 Å². The average molecular weight is 469 g/mol. The minimum atomic E-state index is -4.83. The first kappa shape index (κ1) is 22.8. The van der Waals surface area contributed by atoms with E-state index in [0.717, 1.165) is 17.7 Å². The third-order valence-electron chi connectivity index (χ3n) is 4.74. The topological polar surface area (TPSA) is 115 Å². The smallest absolute Gasteiger partial charge is 0.507 e. The van der Waals surface area contributed by atoms with Crippen LogP contribution in [0.4, 0.5) is 19.1 Å². The lowest BCUT2D eigenvalue weighted by molar-refractivity contribution is -0.274. The van der Waals surface area contributed by atoms with Gasteiger partial charge in [0.25, 0.3) is 5.91 Å². The SMILES string of the molecule is NCc1ccc(C(=O)Nc2nc(-c3ccccc3O)nn2-c2ccc(OC(F)(F)F)cc2)cc1. The van der Waals surface area contributed by atoms with Gasteiger partial charge in [-0.2, -0.15) is 9.67 Å². The number of carbonyl (C=O) groups excluding carboxylic acids is 1. The molecule has 0 aliphatic heterocycles. The zero-order valence-corrected chi connectivity index (χ0v) is 17.5. The number of nitrogens with two attached hydrogens (primary N) is 1. The molecule has 4 N–H and O–H groups in total. The number of alkyl halides is 3. The van der Waals surface area contributed by atoms with E-state index in [1.807, 2.05) is 0 Å². The number of amides is 1. The largest absolute Gasteiger partial charge is 0.573 e. The van der Waals surface area contributed by atoms with Crippen LogP contribution < -0.4 is 15.8 Å². The number of phenolic OH excluding ortho intramolecular Hbond substituents is 1. The molecule has 0 saturated carbocycles. The second-order valence-corrected chi connectivity index (χ2v) is 7.08. The molecule has 174 valence electrons. The first-order valence-corrected chi connectivity index (χ1v) is 9.95. The number of anilines is 1. The van der Waals surface area contributed by atoms with Crippen LogP contribution in [-0.2, 0) is 6.54 Å². The molecule has 4 rings (SSSR count). The van der Waals surface area contributed by atoms with E-state index >= 15 is 0 Å². The van der Waals surface area contributed by atoms with E-state index in [-0.39, 0.29) is 17.5 Å². The molecular formula is C23H18F3N5O3. The van der Waals surface area contributed by atoms with E-state index in [2.05, 4.69) is 20.1 Å². The van der Waals surface area contributed by atoms with E-state index in [1.54, 1.807) is 42.5 Å². The van der Waals surface area contributed by atoms with Crippen LogP contribution in [-0.4, -0.2) is 32.1 Å². The normalized spacial score (nSPS) is 11.3. The van der Waals surface area contributed by atoms with Gasteiger partial charge in [0.2, 0.25) is 5.95 Å². The molecule has 0 fully saturated rings. The number of phenols is 1. The van der Waals surface area contributed by atoms with Crippen molar-refractivity contribution in [3.8, 4) is 28.6 Å². The third kappa shape index (κ3) is 5.15. The Morgan fingerprint density at radius 1 is 1.03 bits per heavy atom. The van der Waals surface area contributed by atoms with Crippen molar-refractivity contribution in [1.29, 1.82) is 0 Å². The van der Waals surface area contributed by atoms with Crippen molar-refractivity contribution >= 4 is 11.9 Å². The quantitative estimate of drug-likeness (QED) is 0.389. The molecule has 3 aromatic carbocycles. The van der Waals surface area contributed by atoms with E-state index in [9.17, 15) is 23.1 Å². The molecular weight excluding hydrogens is 451 g/mol. The van der Waals surface area contributed by atoms with Crippen LogP contribution in [0, 0.1) is 0 Å². The van der Waals surface area contributed by atoms with Crippen molar-refractivity contribution in [2.75, 3.05) is 5.32 Å². The molecule has 4 aromatic rings. The summed E-state index contributed by atoms with van der Waals surface area (Å²) in [7, 11) is 0. The molecule has 11 heteroatoms. The van der Waals surface area contributed by atoms with Crippen LogP contribution in [0.3, 0.4) is 0 Å². The number of carbonyl (C=O) groups is 1. The number of hydrogen-bond donors (Lipinski definition) is 3. The number of nitrogens with one attached hydrogen (secondary N) is 1. The van der Waals surface area contributed by atoms with Gasteiger partial charge in [-0.15, -0.1) is 18.3 Å². The van der Waals surface area contributed by atoms with Crippen LogP contribution in [0.25, 0.3) is 17.1 Å². The standard InChI is InChI=1S/C23H18F3N5O3/c24-23(25,26)34-17-11-9-16(10-12-17)31-22(28-20(30-31)18-3-1-2-4-19(18)32)29-21(33)15-7-5-14(13-27)6-8-15/h1-12,32H,13,27H2,(H,28,29,30,33). The number of nitrogens with zero attached hydrogens (tertiary/aromatic N) is 3. The highest BCUT2D eigenvalue weighted by molar-refractivity contribution is 6.03. The van der Waals surface area contributed by atoms with Crippen molar-refractivity contribution in [1.82, 2.24) is 14.8 Å². The minimum absolute atomic E-state index is 0.00403. The van der Waals surface area contributed by atoms with Gasteiger partial charge in [0, 0.05) is 12.1 Å². The van der Waals surface area contributed by atoms with Crippen LogP contribution in [0.2, 0.25) is 0 Å². The van der Waals surface area contributed by atoms with E-state index in [4.69, 9.17) is 5.73 Å². The monoisotopic (exact) mass is 469 g/mol. The lowest BCUT2D eigenvalue weighted by Gasteiger charge is -2.10. The zero-order chi connectivity index (χ0) is 24.3. The first-order valence-electron chi connectivity index (χ1n) is 9.95. The lowest BCUT2D eigenvalue weighted by atomic mass is 10.1. The summed E-state index contributed by atoms with van der Waals surface area (Å²) >= 11 is 0. The summed E-state index contributed by atoms with van der Waals surface area (Å²) in [5.41, 5.74) is 7.38. The van der Waals surface area contributed by atoms with Gasteiger partial charge in [-0.3, -0.25) is 10.1 Å². The first-order chi connectivity index (χ1) is 16.2. The second kappa shape index (κ2) is 9.24. The molecule has 1 amide bonds. The number of halogens is 3. The van der Waals surface area contributed by atoms with Crippen molar-refractivity contribution < 1.29 is 27.8 Å². The Morgan fingerprint density at radius 2 is 1.71 bits per heavy atom. The number of ether oxygens (including phenoxy) is 1. The summed E-state index contributed by atoms with van der Waals surface area (Å²) in [5, 5.41) is 17.2. The number of aromatic hydroxyl groups is 1. The van der Waals surface area contributed by atoms with E-state index in [1.165, 1.54) is 22.9 Å². The second-order valence-electron chi connectivity index (χ2n) is 7.08. The maximum atomic E-state index is 12.8. The molecule has 0 aliphatic carbocycles. The number of aromatic nitrogens is 3. The summed E-state index contributed by atoms with van der Waals surface area (Å²) in [5.74, 6) is -0.886. The van der Waals surface area contributed by atoms with E-state index < -0.39 is 18.0 Å². The molecule has 0 saturated heterocycles. The number of para-hydroxylation sites is 1. The fourth-order valence-electron chi connectivity index (χ4n) is 3.10. The third-order valence-corrected chi connectivity index (χ3v) is 4.74. The predicted octanol–water partition coefficient (Wildman–Crippen LogP) is 4.25. The summed E-state index contributed by atoms with van der Waals surface area (Å²) in [6.07, 6.45) is -4.83. The molecule has 0 aliphatic rings. The average Bonchev–Trinajstić information content (AvgIpc) is 3.22. The summed E-state index contributed by atoms with van der Waals surface area (Å²) < 4.78 is 42.6. The Bertz CT molecular complexity index is 1300. The van der Waals surface area contributed by atoms with Crippen molar-refractivity contribution in [3.05, 3.63) is 83.9 Å². The van der Waals surface area contributed by atoms with Crippen molar-refractivity contribution in [2.45, 2.75) is 12.9 Å². The molecule has 34 heavy (non-hydrogen) atoms. The van der Waals surface area contributed by atoms with Gasteiger partial charge in [-0.05, 0) is 54.1 Å². The van der Waals surface area contributed by atoms with Crippen LogP contribution >= 0.6 is 0 Å². The number of benzene rings is 3. The minimum Gasteiger partial charge on any atom is -0.507 e. The molecule has 0 radical (unpaired) electrons. The maximum absolute atomic E-state index is 12.8. The van der Waals surface area contributed by atoms with Gasteiger partial charge in [-0.25, -0.2) is 0 Å². The highest BCUT2D eigenvalue weighted by Gasteiger charge is 2.31. The Hall–Kier alpha value is -4.38. The molecule has 0 unspecified atom stereocenters. The van der Waals surface area contributed by atoms with Crippen LogP contribution in [0.5, 0.6) is 11.5 Å². The van der Waals surface area contributed by atoms with Gasteiger partial charge in [0.15, 0.2) is 5.82 Å².